The number of halogens is 1. The summed E-state index contributed by atoms with van der Waals surface area (Å²) >= 11 is 0. The highest BCUT2D eigenvalue weighted by Gasteiger charge is 2.39. The minimum absolute atomic E-state index is 0.0835. The van der Waals surface area contributed by atoms with Crippen LogP contribution < -0.4 is 15.5 Å². The molecule has 2 aromatic carbocycles. The first-order valence-electron chi connectivity index (χ1n) is 9.37. The number of nitrogens with zero attached hydrogens (tertiary/aromatic N) is 1. The molecule has 2 heterocycles. The van der Waals surface area contributed by atoms with Crippen LogP contribution in [0, 0.1) is 5.82 Å². The lowest BCUT2D eigenvalue weighted by atomic mass is 9.91. The Kier molecular flexibility index (Phi) is 5.37. The van der Waals surface area contributed by atoms with Crippen molar-refractivity contribution in [2.45, 2.75) is 18.4 Å². The molecule has 0 unspecified atom stereocenters. The molecule has 29 heavy (non-hydrogen) atoms. The normalized spacial score (nSPS) is 18.1. The van der Waals surface area contributed by atoms with Crippen LogP contribution in [0.2, 0.25) is 0 Å². The summed E-state index contributed by atoms with van der Waals surface area (Å²) in [6.07, 6.45) is 2.63. The fourth-order valence-corrected chi connectivity index (χ4v) is 3.43. The number of piperidine rings is 1. The molecule has 1 fully saturated rings. The summed E-state index contributed by atoms with van der Waals surface area (Å²) in [5.74, 6) is 0.262. The number of rotatable bonds is 4. The summed E-state index contributed by atoms with van der Waals surface area (Å²) < 4.78 is 18.9. The van der Waals surface area contributed by atoms with E-state index >= 15 is 0 Å². The van der Waals surface area contributed by atoms with Gasteiger partial charge < -0.3 is 9.57 Å². The summed E-state index contributed by atoms with van der Waals surface area (Å²) in [5, 5.41) is 3.97. The van der Waals surface area contributed by atoms with Gasteiger partial charge in [0.1, 0.15) is 17.2 Å². The number of benzene rings is 2. The van der Waals surface area contributed by atoms with Crippen molar-refractivity contribution < 1.29 is 23.6 Å². The lowest BCUT2D eigenvalue weighted by molar-refractivity contribution is -0.153. The van der Waals surface area contributed by atoms with Crippen LogP contribution in [0.4, 0.5) is 14.9 Å². The van der Waals surface area contributed by atoms with Crippen LogP contribution in [0.25, 0.3) is 5.70 Å². The Labute approximate surface area is 168 Å². The number of methoxy groups -OCH3 is 1. The number of hydrogen-bond acceptors (Lipinski definition) is 6. The van der Waals surface area contributed by atoms with Gasteiger partial charge in [0, 0.05) is 18.7 Å². The Morgan fingerprint density at radius 2 is 2.00 bits per heavy atom. The fraction of sp³-hybridized carbons (Fsp3) is 0.286. The van der Waals surface area contributed by atoms with Crippen LogP contribution in [0.5, 0.6) is 5.75 Å². The molecule has 0 atom stereocenters. The van der Waals surface area contributed by atoms with E-state index in [-0.39, 0.29) is 5.69 Å². The molecule has 7 nitrogen and oxygen atoms in total. The van der Waals surface area contributed by atoms with Gasteiger partial charge >= 0.3 is 6.09 Å². The maximum atomic E-state index is 13.6. The van der Waals surface area contributed by atoms with Crippen LogP contribution in [-0.2, 0) is 9.68 Å². The predicted molar refractivity (Wildman–Crippen MR) is 105 cm³/mol. The second-order valence-electron chi connectivity index (χ2n) is 6.97. The highest BCUT2D eigenvalue weighted by atomic mass is 19.1. The minimum Gasteiger partial charge on any atom is -0.497 e. The van der Waals surface area contributed by atoms with Crippen molar-refractivity contribution in [1.29, 1.82) is 0 Å². The summed E-state index contributed by atoms with van der Waals surface area (Å²) in [4.78, 5) is 23.2. The number of amides is 1. The SMILES string of the molecule is COc1cccc(C2=CC3(CCN(OC(=O)Nc4ccccc4F)CC3)ON2)c1. The van der Waals surface area contributed by atoms with Gasteiger partial charge in [0.05, 0.1) is 18.5 Å². The number of carbonyl (C=O) groups excluding carboxylic acids is 1. The van der Waals surface area contributed by atoms with Gasteiger partial charge in [0.2, 0.25) is 0 Å². The monoisotopic (exact) mass is 399 g/mol. The van der Waals surface area contributed by atoms with E-state index in [0.717, 1.165) is 17.0 Å². The first-order valence-corrected chi connectivity index (χ1v) is 9.37. The molecule has 2 aliphatic heterocycles. The van der Waals surface area contributed by atoms with E-state index in [9.17, 15) is 9.18 Å². The van der Waals surface area contributed by atoms with Crippen LogP contribution >= 0.6 is 0 Å². The van der Waals surface area contributed by atoms with Crippen LogP contribution in [-0.4, -0.2) is 37.0 Å². The lowest BCUT2D eigenvalue weighted by Gasteiger charge is -2.35. The second kappa shape index (κ2) is 8.10. The Bertz CT molecular complexity index is 926. The molecule has 2 aliphatic rings. The largest absolute Gasteiger partial charge is 0.497 e. The third-order valence-electron chi connectivity index (χ3n) is 5.04. The number of ether oxygens (including phenoxy) is 1. The van der Waals surface area contributed by atoms with E-state index in [1.807, 2.05) is 24.3 Å². The molecule has 1 saturated heterocycles. The van der Waals surface area contributed by atoms with Gasteiger partial charge in [0.25, 0.3) is 0 Å². The van der Waals surface area contributed by atoms with Gasteiger partial charge in [-0.2, -0.15) is 0 Å². The number of nitrogens with one attached hydrogen (secondary N) is 2. The number of para-hydroxylation sites is 1. The minimum atomic E-state index is -0.718. The van der Waals surface area contributed by atoms with E-state index in [0.29, 0.717) is 25.9 Å². The Balaban J connectivity index is 1.34. The zero-order valence-corrected chi connectivity index (χ0v) is 16.0. The number of hydroxylamine groups is 3. The van der Waals surface area contributed by atoms with Crippen LogP contribution in [0.3, 0.4) is 0 Å². The predicted octanol–water partition coefficient (Wildman–Crippen LogP) is 3.71. The number of hydrogen-bond donors (Lipinski definition) is 2. The van der Waals surface area contributed by atoms with E-state index in [2.05, 4.69) is 16.9 Å². The first-order chi connectivity index (χ1) is 14.1. The molecule has 0 aromatic heterocycles. The molecule has 2 aromatic rings. The molecule has 152 valence electrons. The van der Waals surface area contributed by atoms with E-state index < -0.39 is 17.5 Å². The maximum Gasteiger partial charge on any atom is 0.430 e. The summed E-state index contributed by atoms with van der Waals surface area (Å²) in [5.41, 5.74) is 4.49. The van der Waals surface area contributed by atoms with Gasteiger partial charge in [-0.15, -0.1) is 5.06 Å². The Hall–Kier alpha value is -3.10. The van der Waals surface area contributed by atoms with Crippen molar-refractivity contribution in [3.05, 3.63) is 66.0 Å². The number of anilines is 1. The molecule has 0 radical (unpaired) electrons. The zero-order chi connectivity index (χ0) is 20.3. The Morgan fingerprint density at radius 1 is 1.21 bits per heavy atom. The molecule has 1 spiro atoms. The molecule has 0 saturated carbocycles. The number of carbonyl (C=O) groups is 1. The smallest absolute Gasteiger partial charge is 0.430 e. The fourth-order valence-electron chi connectivity index (χ4n) is 3.43. The van der Waals surface area contributed by atoms with Gasteiger partial charge in [0.15, 0.2) is 0 Å². The van der Waals surface area contributed by atoms with Crippen LogP contribution in [0.15, 0.2) is 54.6 Å². The average Bonchev–Trinajstić information content (AvgIpc) is 3.15. The average molecular weight is 399 g/mol. The topological polar surface area (TPSA) is 72.1 Å². The van der Waals surface area contributed by atoms with Crippen molar-refractivity contribution in [2.75, 3.05) is 25.5 Å². The van der Waals surface area contributed by atoms with E-state index in [4.69, 9.17) is 14.4 Å². The molecule has 2 N–H and O–H groups in total. The maximum absolute atomic E-state index is 13.6. The molecular formula is C21H22FN3O4. The molecule has 1 amide bonds. The van der Waals surface area contributed by atoms with Crippen molar-refractivity contribution in [2.24, 2.45) is 0 Å². The van der Waals surface area contributed by atoms with Gasteiger partial charge in [-0.25, -0.2) is 9.18 Å². The highest BCUT2D eigenvalue weighted by molar-refractivity contribution is 5.84. The van der Waals surface area contributed by atoms with Crippen molar-refractivity contribution in [3.8, 4) is 5.75 Å². The van der Waals surface area contributed by atoms with Gasteiger partial charge in [-0.3, -0.25) is 15.6 Å². The third-order valence-corrected chi connectivity index (χ3v) is 5.04. The van der Waals surface area contributed by atoms with Gasteiger partial charge in [-0.05, 0) is 43.2 Å². The molecular weight excluding hydrogens is 377 g/mol. The molecule has 0 bridgehead atoms. The van der Waals surface area contributed by atoms with Crippen LogP contribution in [0.1, 0.15) is 18.4 Å². The Morgan fingerprint density at radius 3 is 2.76 bits per heavy atom. The molecule has 0 aliphatic carbocycles. The zero-order valence-electron chi connectivity index (χ0n) is 16.0. The van der Waals surface area contributed by atoms with E-state index in [1.54, 1.807) is 24.3 Å². The summed E-state index contributed by atoms with van der Waals surface area (Å²) in [6.45, 7) is 0.989. The van der Waals surface area contributed by atoms with Crippen molar-refractivity contribution in [1.82, 2.24) is 10.5 Å². The van der Waals surface area contributed by atoms with Gasteiger partial charge in [-0.1, -0.05) is 24.3 Å². The van der Waals surface area contributed by atoms with Crippen molar-refractivity contribution >= 4 is 17.5 Å². The summed E-state index contributed by atoms with van der Waals surface area (Å²) in [6, 6.07) is 13.7. The lowest BCUT2D eigenvalue weighted by Crippen LogP contribution is -2.45. The second-order valence-corrected chi connectivity index (χ2v) is 6.97. The first kappa shape index (κ1) is 19.2. The van der Waals surface area contributed by atoms with Crippen molar-refractivity contribution in [3.63, 3.8) is 0 Å². The standard InChI is InChI=1S/C21H22FN3O4/c1-27-16-6-4-5-15(13-16)19-14-21(29-24-19)9-11-25(12-10-21)28-20(26)23-18-8-3-2-7-17(18)22/h2-8,13-14,24H,9-12H2,1H3,(H,23,26). The molecule has 4 rings (SSSR count). The quantitative estimate of drug-likeness (QED) is 0.817. The third kappa shape index (κ3) is 4.33. The van der Waals surface area contributed by atoms with E-state index in [1.165, 1.54) is 12.1 Å². The summed E-state index contributed by atoms with van der Waals surface area (Å²) in [7, 11) is 1.63. The highest BCUT2D eigenvalue weighted by Crippen LogP contribution is 2.35. The molecule has 8 heteroatoms.